The van der Waals surface area contributed by atoms with Gasteiger partial charge in [0.2, 0.25) is 0 Å². The van der Waals surface area contributed by atoms with Crippen molar-refractivity contribution in [1.82, 2.24) is 10.2 Å². The van der Waals surface area contributed by atoms with Crippen LogP contribution in [0, 0.1) is 17.2 Å². The zero-order valence-corrected chi connectivity index (χ0v) is 10.4. The Morgan fingerprint density at radius 1 is 1.59 bits per heavy atom. The van der Waals surface area contributed by atoms with Crippen molar-refractivity contribution in [3.05, 3.63) is 37.2 Å². The van der Waals surface area contributed by atoms with Gasteiger partial charge in [0.15, 0.2) is 0 Å². The topological polar surface area (TPSA) is 65.1 Å². The van der Waals surface area contributed by atoms with Gasteiger partial charge in [-0.3, -0.25) is 0 Å². The molecule has 0 saturated carbocycles. The first-order chi connectivity index (χ1) is 8.15. The zero-order chi connectivity index (χ0) is 12.8. The van der Waals surface area contributed by atoms with E-state index in [2.05, 4.69) is 24.5 Å². The zero-order valence-electron chi connectivity index (χ0n) is 9.64. The third kappa shape index (κ3) is 3.02. The molecule has 0 radical (unpaired) electrons. The SMILES string of the molecule is C=CCNC1C=C(N)N(CC=C)C(Cl)C1C#N. The lowest BCUT2D eigenvalue weighted by Crippen LogP contribution is -2.51. The first-order valence-corrected chi connectivity index (χ1v) is 5.82. The van der Waals surface area contributed by atoms with Gasteiger partial charge in [-0.25, -0.2) is 0 Å². The van der Waals surface area contributed by atoms with Crippen molar-refractivity contribution >= 4 is 11.6 Å². The summed E-state index contributed by atoms with van der Waals surface area (Å²) < 4.78 is 0. The maximum absolute atomic E-state index is 9.18. The lowest BCUT2D eigenvalue weighted by molar-refractivity contribution is 0.251. The summed E-state index contributed by atoms with van der Waals surface area (Å²) in [5.41, 5.74) is 5.46. The molecule has 0 amide bonds. The predicted octanol–water partition coefficient (Wildman–Crippen LogP) is 1.14. The van der Waals surface area contributed by atoms with Crippen molar-refractivity contribution in [2.24, 2.45) is 11.7 Å². The number of nitrogens with zero attached hydrogens (tertiary/aromatic N) is 2. The van der Waals surface area contributed by atoms with Gasteiger partial charge in [0.1, 0.15) is 5.50 Å². The fourth-order valence-electron chi connectivity index (χ4n) is 1.78. The van der Waals surface area contributed by atoms with E-state index in [-0.39, 0.29) is 12.0 Å². The second kappa shape index (κ2) is 6.33. The van der Waals surface area contributed by atoms with Gasteiger partial charge in [-0.05, 0) is 6.08 Å². The number of alkyl halides is 1. The van der Waals surface area contributed by atoms with Gasteiger partial charge in [-0.2, -0.15) is 5.26 Å². The minimum Gasteiger partial charge on any atom is -0.386 e. The molecule has 3 unspecified atom stereocenters. The van der Waals surface area contributed by atoms with E-state index in [4.69, 9.17) is 17.3 Å². The Morgan fingerprint density at radius 3 is 2.82 bits per heavy atom. The van der Waals surface area contributed by atoms with Crippen LogP contribution in [0.1, 0.15) is 0 Å². The average Bonchev–Trinajstić information content (AvgIpc) is 2.31. The van der Waals surface area contributed by atoms with Gasteiger partial charge >= 0.3 is 0 Å². The van der Waals surface area contributed by atoms with E-state index in [1.807, 2.05) is 6.08 Å². The maximum Gasteiger partial charge on any atom is 0.123 e. The van der Waals surface area contributed by atoms with E-state index in [9.17, 15) is 5.26 Å². The van der Waals surface area contributed by atoms with Crippen molar-refractivity contribution in [1.29, 1.82) is 5.26 Å². The van der Waals surface area contributed by atoms with Crippen molar-refractivity contribution in [3.8, 4) is 6.07 Å². The molecular weight excluding hydrogens is 236 g/mol. The Labute approximate surface area is 107 Å². The van der Waals surface area contributed by atoms with Crippen LogP contribution in [0.15, 0.2) is 37.2 Å². The molecule has 0 aromatic rings. The first-order valence-electron chi connectivity index (χ1n) is 5.38. The van der Waals surface area contributed by atoms with Gasteiger partial charge in [0.25, 0.3) is 0 Å². The second-order valence-corrected chi connectivity index (χ2v) is 4.23. The van der Waals surface area contributed by atoms with Crippen LogP contribution in [0.2, 0.25) is 0 Å². The Morgan fingerprint density at radius 2 is 2.29 bits per heavy atom. The number of halogens is 1. The quantitative estimate of drug-likeness (QED) is 0.438. The molecule has 0 aliphatic carbocycles. The Kier molecular flexibility index (Phi) is 5.08. The summed E-state index contributed by atoms with van der Waals surface area (Å²) in [6.45, 7) is 8.41. The fraction of sp³-hybridized carbons (Fsp3) is 0.417. The molecule has 1 aliphatic rings. The monoisotopic (exact) mass is 252 g/mol. The van der Waals surface area contributed by atoms with Crippen LogP contribution in [0.4, 0.5) is 0 Å². The van der Waals surface area contributed by atoms with Crippen LogP contribution in [-0.2, 0) is 0 Å². The summed E-state index contributed by atoms with van der Waals surface area (Å²) in [5, 5.41) is 12.3. The summed E-state index contributed by atoms with van der Waals surface area (Å²) in [6.07, 6.45) is 5.26. The average molecular weight is 253 g/mol. The largest absolute Gasteiger partial charge is 0.386 e. The fourth-order valence-corrected chi connectivity index (χ4v) is 2.19. The van der Waals surface area contributed by atoms with E-state index >= 15 is 0 Å². The molecule has 0 saturated heterocycles. The summed E-state index contributed by atoms with van der Waals surface area (Å²) >= 11 is 6.27. The molecular formula is C12H17ClN4. The number of hydrogen-bond acceptors (Lipinski definition) is 4. The van der Waals surface area contributed by atoms with Crippen LogP contribution < -0.4 is 11.1 Å². The minimum atomic E-state index is -0.453. The summed E-state index contributed by atoms with van der Waals surface area (Å²) in [5.74, 6) is 0.210. The number of hydrogen-bond donors (Lipinski definition) is 2. The molecule has 5 heteroatoms. The summed E-state index contributed by atoms with van der Waals surface area (Å²) in [6, 6.07) is 2.07. The van der Waals surface area contributed by atoms with Gasteiger partial charge in [-0.1, -0.05) is 23.8 Å². The molecule has 0 bridgehead atoms. The normalized spacial score (nSPS) is 28.1. The van der Waals surface area contributed by atoms with Crippen LogP contribution in [0.5, 0.6) is 0 Å². The predicted molar refractivity (Wildman–Crippen MR) is 69.9 cm³/mol. The molecule has 1 heterocycles. The second-order valence-electron chi connectivity index (χ2n) is 3.78. The standard InChI is InChI=1S/C12H17ClN4/c1-3-5-16-10-7-11(15)17(6-4-2)12(13)9(10)8-14/h3-4,7,9-10,12,16H,1-2,5-6,15H2. The molecule has 0 aromatic carbocycles. The smallest absolute Gasteiger partial charge is 0.123 e. The molecule has 0 fully saturated rings. The first kappa shape index (κ1) is 13.6. The van der Waals surface area contributed by atoms with E-state index in [1.165, 1.54) is 0 Å². The Balaban J connectivity index is 2.90. The summed E-state index contributed by atoms with van der Waals surface area (Å²) in [7, 11) is 0. The van der Waals surface area contributed by atoms with Crippen molar-refractivity contribution in [2.45, 2.75) is 11.5 Å². The van der Waals surface area contributed by atoms with Crippen molar-refractivity contribution < 1.29 is 0 Å². The summed E-state index contributed by atoms with van der Waals surface area (Å²) in [4.78, 5) is 1.76. The lowest BCUT2D eigenvalue weighted by Gasteiger charge is -2.38. The number of nitrogens with one attached hydrogen (secondary N) is 1. The molecule has 1 aliphatic heterocycles. The highest BCUT2D eigenvalue weighted by molar-refractivity contribution is 6.21. The molecule has 3 atom stereocenters. The number of rotatable bonds is 5. The Hall–Kier alpha value is -1.44. The van der Waals surface area contributed by atoms with Gasteiger partial charge in [0, 0.05) is 19.1 Å². The van der Waals surface area contributed by atoms with Crippen LogP contribution >= 0.6 is 11.6 Å². The van der Waals surface area contributed by atoms with E-state index in [0.717, 1.165) is 0 Å². The third-order valence-corrected chi connectivity index (χ3v) is 3.14. The van der Waals surface area contributed by atoms with Gasteiger partial charge in [0.05, 0.1) is 17.8 Å². The maximum atomic E-state index is 9.18. The highest BCUT2D eigenvalue weighted by Gasteiger charge is 2.35. The van der Waals surface area contributed by atoms with Crippen LogP contribution in [0.3, 0.4) is 0 Å². The molecule has 4 nitrogen and oxygen atoms in total. The van der Waals surface area contributed by atoms with Gasteiger partial charge in [-0.15, -0.1) is 13.2 Å². The number of nitriles is 1. The Bertz CT molecular complexity index is 358. The number of nitrogens with two attached hydrogens (primary N) is 1. The minimum absolute atomic E-state index is 0.151. The van der Waals surface area contributed by atoms with Gasteiger partial charge < -0.3 is 16.0 Å². The molecule has 0 aromatic heterocycles. The van der Waals surface area contributed by atoms with Crippen molar-refractivity contribution in [3.63, 3.8) is 0 Å². The highest BCUT2D eigenvalue weighted by atomic mass is 35.5. The molecule has 92 valence electrons. The van der Waals surface area contributed by atoms with Crippen molar-refractivity contribution in [2.75, 3.05) is 13.1 Å². The van der Waals surface area contributed by atoms with E-state index < -0.39 is 5.50 Å². The van der Waals surface area contributed by atoms with Crippen LogP contribution in [0.25, 0.3) is 0 Å². The molecule has 0 spiro atoms. The van der Waals surface area contributed by atoms with Crippen LogP contribution in [-0.4, -0.2) is 29.5 Å². The lowest BCUT2D eigenvalue weighted by atomic mass is 9.96. The molecule has 17 heavy (non-hydrogen) atoms. The van der Waals surface area contributed by atoms with E-state index in [1.54, 1.807) is 17.1 Å². The van der Waals surface area contributed by atoms with E-state index in [0.29, 0.717) is 18.9 Å². The third-order valence-electron chi connectivity index (χ3n) is 2.64. The molecule has 1 rings (SSSR count). The highest BCUT2D eigenvalue weighted by Crippen LogP contribution is 2.27. The molecule has 3 N–H and O–H groups in total.